The van der Waals surface area contributed by atoms with Crippen LogP contribution in [0.25, 0.3) is 68.1 Å². The number of nitrogens with two attached hydrogens (primary N) is 3. The zero-order valence-corrected chi connectivity index (χ0v) is 59.8. The molecule has 30 nitrogen and oxygen atoms in total. The predicted molar refractivity (Wildman–Crippen MR) is 394 cm³/mol. The summed E-state index contributed by atoms with van der Waals surface area (Å²) in [7, 11) is 0. The molecule has 3 aliphatic carbocycles. The maximum Gasteiger partial charge on any atom is 0.278 e. The molecule has 3 atom stereocenters. The van der Waals surface area contributed by atoms with E-state index in [1.54, 1.807) is 74.4 Å². The quantitative estimate of drug-likeness (QED) is 0.0271. The first-order chi connectivity index (χ1) is 50.3. The fraction of sp³-hybridized carbons (Fsp3) is 0.360. The molecular formula is C75H84N24O6. The normalized spacial score (nSPS) is 15.5. The lowest BCUT2D eigenvalue weighted by Gasteiger charge is -2.27. The number of aliphatic hydroxyl groups is 3. The third-order valence-corrected chi connectivity index (χ3v) is 19.5. The van der Waals surface area contributed by atoms with Gasteiger partial charge in [0.15, 0.2) is 17.5 Å². The van der Waals surface area contributed by atoms with Crippen LogP contribution in [0, 0.1) is 17.8 Å². The van der Waals surface area contributed by atoms with Gasteiger partial charge in [0.25, 0.3) is 17.7 Å². The Morgan fingerprint density at radius 2 is 0.562 bits per heavy atom. The lowest BCUT2D eigenvalue weighted by molar-refractivity contribution is 0.234. The summed E-state index contributed by atoms with van der Waals surface area (Å²) in [5, 5.41) is 50.8. The second-order valence-electron chi connectivity index (χ2n) is 29.3. The Kier molecular flexibility index (Phi) is 19.9. The van der Waals surface area contributed by atoms with Gasteiger partial charge < -0.3 is 62.0 Å². The van der Waals surface area contributed by atoms with Gasteiger partial charge in [-0.2, -0.15) is 15.0 Å². The Labute approximate surface area is 605 Å². The molecular weight excluding hydrogens is 1330 g/mol. The van der Waals surface area contributed by atoms with Crippen LogP contribution in [-0.4, -0.2) is 142 Å². The molecule has 0 spiro atoms. The van der Waals surface area contributed by atoms with Gasteiger partial charge >= 0.3 is 0 Å². The minimum Gasteiger partial charge on any atom is -0.394 e. The summed E-state index contributed by atoms with van der Waals surface area (Å²) in [6, 6.07) is 24.9. The molecule has 105 heavy (non-hydrogen) atoms. The molecule has 15 rings (SSSR count). The van der Waals surface area contributed by atoms with Gasteiger partial charge in [0.2, 0.25) is 17.8 Å². The molecule has 3 aliphatic rings. The molecule has 1 unspecified atom stereocenters. The van der Waals surface area contributed by atoms with Crippen LogP contribution in [0.3, 0.4) is 0 Å². The molecule has 12 N–H and O–H groups in total. The second-order valence-corrected chi connectivity index (χ2v) is 29.3. The van der Waals surface area contributed by atoms with Crippen molar-refractivity contribution in [1.82, 2.24) is 90.2 Å². The second kappa shape index (κ2) is 29.2. The molecule has 0 aliphatic heterocycles. The molecule has 540 valence electrons. The van der Waals surface area contributed by atoms with Gasteiger partial charge in [-0.15, -0.1) is 0 Å². The van der Waals surface area contributed by atoms with Crippen molar-refractivity contribution >= 4 is 35.3 Å². The standard InChI is InChI=1S/3C25H28N8O2/c3*1-24(2,14-34)32-20-13-27-19(12-28-20)21-31-22(33-35-21)25(3,18-8-9-18)17-6-4-15(5-7-17)16-10-29-23(26)30-11-16/h3*4-7,10-13,18,34H,8-9,14H2,1-3H3,(H,28,32)(H2,26,29,30)/t2*25-;/m10./s1. The van der Waals surface area contributed by atoms with E-state index in [4.69, 9.17) is 45.7 Å². The lowest BCUT2D eigenvalue weighted by Crippen LogP contribution is -2.35. The lowest BCUT2D eigenvalue weighted by atomic mass is 9.77. The third-order valence-electron chi connectivity index (χ3n) is 19.5. The van der Waals surface area contributed by atoms with E-state index >= 15 is 0 Å². The van der Waals surface area contributed by atoms with Gasteiger partial charge in [-0.25, -0.2) is 59.8 Å². The Hall–Kier alpha value is -11.8. The van der Waals surface area contributed by atoms with E-state index in [9.17, 15) is 15.3 Å². The Morgan fingerprint density at radius 1 is 0.324 bits per heavy atom. The van der Waals surface area contributed by atoms with Gasteiger partial charge in [0.1, 0.15) is 34.5 Å². The van der Waals surface area contributed by atoms with Crippen LogP contribution in [0.15, 0.2) is 161 Å². The van der Waals surface area contributed by atoms with E-state index in [0.29, 0.717) is 87.4 Å². The molecule has 0 radical (unpaired) electrons. The smallest absolute Gasteiger partial charge is 0.278 e. The Balaban J connectivity index is 0.000000140. The number of benzene rings is 3. The molecule has 9 aromatic heterocycles. The van der Waals surface area contributed by atoms with E-state index in [-0.39, 0.29) is 37.7 Å². The molecule has 9 heterocycles. The summed E-state index contributed by atoms with van der Waals surface area (Å²) in [4.78, 5) is 65.1. The maximum atomic E-state index is 9.44. The largest absolute Gasteiger partial charge is 0.394 e. The average molecular weight is 1420 g/mol. The first kappa shape index (κ1) is 71.6. The van der Waals surface area contributed by atoms with E-state index in [0.717, 1.165) is 88.6 Å². The number of nitrogens with zero attached hydrogens (tertiary/aromatic N) is 18. The van der Waals surface area contributed by atoms with Gasteiger partial charge in [-0.1, -0.05) is 88.3 Å². The summed E-state index contributed by atoms with van der Waals surface area (Å²) in [5.41, 5.74) is 24.7. The summed E-state index contributed by atoms with van der Waals surface area (Å²) in [6.45, 7) is 17.7. The van der Waals surface area contributed by atoms with Crippen molar-refractivity contribution < 1.29 is 28.9 Å². The fourth-order valence-corrected chi connectivity index (χ4v) is 12.4. The average Bonchev–Trinajstić information content (AvgIpc) is 1.61. The minimum absolute atomic E-state index is 0.0298. The minimum atomic E-state index is -0.504. The van der Waals surface area contributed by atoms with E-state index < -0.39 is 32.9 Å². The van der Waals surface area contributed by atoms with Gasteiger partial charge in [0, 0.05) is 53.9 Å². The number of rotatable bonds is 24. The van der Waals surface area contributed by atoms with Crippen LogP contribution in [0.1, 0.15) is 135 Å². The predicted octanol–water partition coefficient (Wildman–Crippen LogP) is 10.4. The van der Waals surface area contributed by atoms with Crippen LogP contribution >= 0.6 is 0 Å². The topological polar surface area (TPSA) is 446 Å². The number of hydrogen-bond acceptors (Lipinski definition) is 30. The molecule has 0 bridgehead atoms. The van der Waals surface area contributed by atoms with E-state index in [1.807, 2.05) is 41.5 Å². The van der Waals surface area contributed by atoms with Crippen molar-refractivity contribution in [2.45, 2.75) is 134 Å². The highest BCUT2D eigenvalue weighted by Crippen LogP contribution is 2.53. The zero-order chi connectivity index (χ0) is 73.9. The molecule has 3 aromatic carbocycles. The van der Waals surface area contributed by atoms with Gasteiger partial charge in [-0.3, -0.25) is 0 Å². The van der Waals surface area contributed by atoms with Gasteiger partial charge in [0.05, 0.1) is 89.9 Å². The van der Waals surface area contributed by atoms with Crippen molar-refractivity contribution in [3.05, 3.63) is 181 Å². The summed E-state index contributed by atoms with van der Waals surface area (Å²) >= 11 is 0. The number of nitrogens with one attached hydrogen (secondary N) is 3. The van der Waals surface area contributed by atoms with Crippen LogP contribution < -0.4 is 33.2 Å². The summed E-state index contributed by atoms with van der Waals surface area (Å²) in [5.74, 6) is 6.57. The van der Waals surface area contributed by atoms with Crippen molar-refractivity contribution in [3.8, 4) is 68.1 Å². The Bertz CT molecular complexity index is 4390. The number of aromatic nitrogens is 18. The number of aliphatic hydroxyl groups excluding tert-OH is 3. The molecule has 3 fully saturated rings. The summed E-state index contributed by atoms with van der Waals surface area (Å²) < 4.78 is 16.8. The third kappa shape index (κ3) is 16.1. The first-order valence-corrected chi connectivity index (χ1v) is 34.6. The number of hydrogen-bond donors (Lipinski definition) is 9. The zero-order valence-electron chi connectivity index (χ0n) is 59.8. The molecule has 30 heteroatoms. The van der Waals surface area contributed by atoms with Crippen molar-refractivity contribution in [2.24, 2.45) is 17.8 Å². The monoisotopic (exact) mass is 1420 g/mol. The van der Waals surface area contributed by atoms with Crippen LogP contribution in [0.5, 0.6) is 0 Å². The van der Waals surface area contributed by atoms with Crippen molar-refractivity contribution in [3.63, 3.8) is 0 Å². The number of anilines is 6. The van der Waals surface area contributed by atoms with Crippen molar-refractivity contribution in [2.75, 3.05) is 53.0 Å². The van der Waals surface area contributed by atoms with Crippen LogP contribution in [0.2, 0.25) is 0 Å². The van der Waals surface area contributed by atoms with Crippen molar-refractivity contribution in [1.29, 1.82) is 0 Å². The maximum absolute atomic E-state index is 9.44. The first-order valence-electron chi connectivity index (χ1n) is 34.6. The highest BCUT2D eigenvalue weighted by molar-refractivity contribution is 5.66. The SMILES string of the molecule is CC(C)(CO)Nc1cnc(-c2nc(C(C)(c3ccc(-c4cnc(N)nc4)cc3)C3CC3)no2)cn1.CC(C)(CO)Nc1cnc(-c2nc([C@@](C)(c3ccc(-c4cnc(N)nc4)cc3)C3CC3)no2)cn1.CC(C)(CO)Nc1cnc(-c2nc([C@](C)(c3ccc(-c4cnc(N)nc4)cc3)C3CC3)no2)cn1. The molecule has 12 aromatic rings. The molecule has 0 saturated heterocycles. The fourth-order valence-electron chi connectivity index (χ4n) is 12.4. The highest BCUT2D eigenvalue weighted by Gasteiger charge is 2.50. The summed E-state index contributed by atoms with van der Waals surface area (Å²) in [6.07, 6.45) is 26.5. The van der Waals surface area contributed by atoms with Crippen LogP contribution in [0.4, 0.5) is 35.3 Å². The van der Waals surface area contributed by atoms with E-state index in [1.165, 1.54) is 0 Å². The number of nitrogen functional groups attached to an aromatic ring is 3. The Morgan fingerprint density at radius 3 is 0.762 bits per heavy atom. The van der Waals surface area contributed by atoms with E-state index in [2.05, 4.69) is 185 Å². The van der Waals surface area contributed by atoms with Crippen LogP contribution in [-0.2, 0) is 16.2 Å². The highest BCUT2D eigenvalue weighted by atomic mass is 16.5. The van der Waals surface area contributed by atoms with Gasteiger partial charge in [-0.05, 0) is 152 Å². The molecule has 0 amide bonds. The molecule has 3 saturated carbocycles.